The Morgan fingerprint density at radius 2 is 1.25 bits per heavy atom. The molecule has 0 saturated heterocycles. The fourth-order valence-electron chi connectivity index (χ4n) is 2.49. The second kappa shape index (κ2) is 7.72. The van der Waals surface area contributed by atoms with Crippen LogP contribution in [0.15, 0.2) is 12.1 Å². The minimum absolute atomic E-state index is 0.0409. The maximum absolute atomic E-state index is 5.87. The number of hydrogen-bond acceptors (Lipinski definition) is 4. The summed E-state index contributed by atoms with van der Waals surface area (Å²) in [5.41, 5.74) is 2.90. The van der Waals surface area contributed by atoms with Crippen LogP contribution in [0.25, 0.3) is 0 Å². The molecule has 1 unspecified atom stereocenters. The second-order valence-electron chi connectivity index (χ2n) is 8.04. The van der Waals surface area contributed by atoms with Crippen molar-refractivity contribution in [1.82, 2.24) is 0 Å². The van der Waals surface area contributed by atoms with Gasteiger partial charge in [-0.25, -0.2) is 0 Å². The highest BCUT2D eigenvalue weighted by atomic mass is 32.9. The molecule has 5 heteroatoms. The van der Waals surface area contributed by atoms with Gasteiger partial charge in [-0.2, -0.15) is 0 Å². The van der Waals surface area contributed by atoms with E-state index in [2.05, 4.69) is 66.9 Å². The Balaban J connectivity index is 3.97. The van der Waals surface area contributed by atoms with Gasteiger partial charge in [0.05, 0.1) is 22.6 Å². The summed E-state index contributed by atoms with van der Waals surface area (Å²) in [6, 6.07) is 4.57. The molecule has 0 heterocycles. The SMILES string of the molecule is COC(C)(C)c1cc(C(C)(C)C)cc(C(C)(C)OC)c1[P+](=S)SC. The van der Waals surface area contributed by atoms with Crippen molar-refractivity contribution in [3.63, 3.8) is 0 Å². The van der Waals surface area contributed by atoms with Crippen LogP contribution in [0.5, 0.6) is 0 Å². The first kappa shape index (κ1) is 22.1. The largest absolute Gasteiger partial charge is 0.374 e. The molecule has 0 amide bonds. The van der Waals surface area contributed by atoms with Crippen molar-refractivity contribution in [2.75, 3.05) is 20.5 Å². The van der Waals surface area contributed by atoms with Gasteiger partial charge in [0.15, 0.2) is 17.1 Å². The molecule has 1 rings (SSSR count). The average molecular weight is 388 g/mol. The zero-order valence-electron chi connectivity index (χ0n) is 16.7. The molecular formula is C19H32O2PS2+. The summed E-state index contributed by atoms with van der Waals surface area (Å²) in [6.07, 6.45) is 2.09. The highest BCUT2D eigenvalue weighted by Gasteiger charge is 2.39. The van der Waals surface area contributed by atoms with Crippen LogP contribution < -0.4 is 5.30 Å². The summed E-state index contributed by atoms with van der Waals surface area (Å²) in [6.45, 7) is 15.2. The molecule has 0 saturated carbocycles. The van der Waals surface area contributed by atoms with E-state index in [4.69, 9.17) is 21.3 Å². The molecule has 0 bridgehead atoms. The molecule has 1 atom stereocenters. The Bertz CT molecular complexity index is 579. The Labute approximate surface area is 158 Å². The van der Waals surface area contributed by atoms with E-state index >= 15 is 0 Å². The van der Waals surface area contributed by atoms with Gasteiger partial charge in [-0.3, -0.25) is 0 Å². The average Bonchev–Trinajstić information content (AvgIpc) is 2.51. The van der Waals surface area contributed by atoms with Gasteiger partial charge in [0, 0.05) is 31.6 Å². The Morgan fingerprint density at radius 3 is 1.50 bits per heavy atom. The molecule has 24 heavy (non-hydrogen) atoms. The lowest BCUT2D eigenvalue weighted by Gasteiger charge is -2.32. The molecule has 0 N–H and O–H groups in total. The molecule has 0 aliphatic heterocycles. The molecule has 0 fully saturated rings. The van der Waals surface area contributed by atoms with E-state index in [0.717, 1.165) is 0 Å². The minimum Gasteiger partial charge on any atom is -0.374 e. The van der Waals surface area contributed by atoms with Gasteiger partial charge in [-0.1, -0.05) is 20.8 Å². The Kier molecular flexibility index (Phi) is 7.09. The van der Waals surface area contributed by atoms with Crippen molar-refractivity contribution in [3.8, 4) is 0 Å². The first-order valence-corrected chi connectivity index (χ1v) is 12.3. The molecule has 2 nitrogen and oxygen atoms in total. The quantitative estimate of drug-likeness (QED) is 0.592. The molecule has 0 aliphatic carbocycles. The van der Waals surface area contributed by atoms with Crippen LogP contribution in [0.3, 0.4) is 0 Å². The van der Waals surface area contributed by atoms with Crippen molar-refractivity contribution in [3.05, 3.63) is 28.8 Å². The van der Waals surface area contributed by atoms with Crippen LogP contribution >= 0.6 is 17.3 Å². The molecule has 0 aromatic heterocycles. The fourth-order valence-corrected chi connectivity index (χ4v) is 5.46. The zero-order chi connectivity index (χ0) is 18.9. The van der Waals surface area contributed by atoms with Crippen LogP contribution in [-0.4, -0.2) is 20.5 Å². The standard InChI is InChI=1S/C19H32O2PS2/c1-17(2,3)13-11-14(18(4,5)20-8)16(22(23)24-10)15(12-13)19(6,7)21-9/h11-12H,1-10H3/q+1. The summed E-state index contributed by atoms with van der Waals surface area (Å²) in [5.74, 6) is -0.763. The van der Waals surface area contributed by atoms with Crippen LogP contribution in [0.1, 0.15) is 65.2 Å². The summed E-state index contributed by atoms with van der Waals surface area (Å²) in [7, 11) is 3.53. The third-order valence-corrected chi connectivity index (χ3v) is 9.25. The van der Waals surface area contributed by atoms with Gasteiger partial charge in [0.2, 0.25) is 0 Å². The third kappa shape index (κ3) is 4.59. The maximum Gasteiger partial charge on any atom is 0.283 e. The smallest absolute Gasteiger partial charge is 0.283 e. The fraction of sp³-hybridized carbons (Fsp3) is 0.684. The highest BCUT2D eigenvalue weighted by molar-refractivity contribution is 8.66. The van der Waals surface area contributed by atoms with E-state index in [0.29, 0.717) is 0 Å². The molecule has 136 valence electrons. The lowest BCUT2D eigenvalue weighted by Crippen LogP contribution is -2.34. The summed E-state index contributed by atoms with van der Waals surface area (Å²) >= 11 is 7.61. The first-order valence-electron chi connectivity index (χ1n) is 8.13. The second-order valence-corrected chi connectivity index (χ2v) is 13.3. The number of benzene rings is 1. The van der Waals surface area contributed by atoms with E-state index in [1.54, 1.807) is 25.6 Å². The minimum atomic E-state index is -0.763. The molecule has 1 aromatic carbocycles. The Morgan fingerprint density at radius 1 is 0.875 bits per heavy atom. The van der Waals surface area contributed by atoms with Crippen molar-refractivity contribution in [2.45, 2.75) is 65.1 Å². The van der Waals surface area contributed by atoms with Crippen molar-refractivity contribution >= 4 is 34.4 Å². The Hall–Kier alpha value is 0.01000. The highest BCUT2D eigenvalue weighted by Crippen LogP contribution is 2.44. The van der Waals surface area contributed by atoms with Gasteiger partial charge >= 0.3 is 0 Å². The van der Waals surface area contributed by atoms with Gasteiger partial charge in [-0.15, -0.1) is 0 Å². The molecule has 0 spiro atoms. The van der Waals surface area contributed by atoms with Gasteiger partial charge in [0.25, 0.3) is 5.90 Å². The molecule has 1 aromatic rings. The van der Waals surface area contributed by atoms with Gasteiger partial charge in [0.1, 0.15) is 0 Å². The lowest BCUT2D eigenvalue weighted by atomic mass is 9.80. The number of methoxy groups -OCH3 is 2. The zero-order valence-corrected chi connectivity index (χ0v) is 19.3. The third-order valence-electron chi connectivity index (χ3n) is 4.64. The number of rotatable bonds is 6. The lowest BCUT2D eigenvalue weighted by molar-refractivity contribution is 0.0150. The van der Waals surface area contributed by atoms with Crippen molar-refractivity contribution in [1.29, 1.82) is 0 Å². The molecule has 0 radical (unpaired) electrons. The number of ether oxygens (including phenoxy) is 2. The monoisotopic (exact) mass is 387 g/mol. The van der Waals surface area contributed by atoms with E-state index < -0.39 is 17.1 Å². The van der Waals surface area contributed by atoms with Gasteiger partial charge in [-0.05, 0) is 50.8 Å². The normalized spacial score (nSPS) is 14.0. The predicted octanol–water partition coefficient (Wildman–Crippen LogP) is 5.59. The molecular weight excluding hydrogens is 355 g/mol. The summed E-state index contributed by atoms with van der Waals surface area (Å²) in [4.78, 5) is 0. The van der Waals surface area contributed by atoms with E-state index in [1.165, 1.54) is 22.0 Å². The predicted molar refractivity (Wildman–Crippen MR) is 113 cm³/mol. The van der Waals surface area contributed by atoms with E-state index in [9.17, 15) is 0 Å². The molecule has 0 aliphatic rings. The van der Waals surface area contributed by atoms with Crippen molar-refractivity contribution in [2.24, 2.45) is 0 Å². The van der Waals surface area contributed by atoms with E-state index in [1.807, 2.05) is 0 Å². The van der Waals surface area contributed by atoms with Crippen LogP contribution in [-0.2, 0) is 37.9 Å². The maximum atomic E-state index is 5.87. The first-order chi connectivity index (χ1) is 10.8. The van der Waals surface area contributed by atoms with E-state index in [-0.39, 0.29) is 5.41 Å². The van der Waals surface area contributed by atoms with Crippen LogP contribution in [0, 0.1) is 0 Å². The topological polar surface area (TPSA) is 18.5 Å². The van der Waals surface area contributed by atoms with Crippen LogP contribution in [0.2, 0.25) is 0 Å². The van der Waals surface area contributed by atoms with Crippen molar-refractivity contribution < 1.29 is 9.47 Å². The summed E-state index contributed by atoms with van der Waals surface area (Å²) in [5, 5.41) is 1.22. The van der Waals surface area contributed by atoms with Gasteiger partial charge < -0.3 is 9.47 Å². The number of hydrogen-bond donors (Lipinski definition) is 0. The van der Waals surface area contributed by atoms with Crippen LogP contribution in [0.4, 0.5) is 0 Å². The summed E-state index contributed by atoms with van der Waals surface area (Å²) < 4.78 is 11.7.